The molecule has 0 aromatic rings. The van der Waals surface area contributed by atoms with E-state index in [2.05, 4.69) is 37.9 Å². The monoisotopic (exact) mass is 268 g/mol. The maximum Gasteiger partial charge on any atom is 0.0593 e. The first kappa shape index (κ1) is 15.3. The third kappa shape index (κ3) is 4.17. The second-order valence-electron chi connectivity index (χ2n) is 7.09. The largest absolute Gasteiger partial charge is 0.380 e. The molecule has 3 nitrogen and oxygen atoms in total. The summed E-state index contributed by atoms with van der Waals surface area (Å²) in [5.74, 6) is 1.58. The van der Waals surface area contributed by atoms with Gasteiger partial charge in [0.1, 0.15) is 0 Å². The number of nitrogens with zero attached hydrogens (tertiary/aromatic N) is 1. The molecule has 1 heterocycles. The van der Waals surface area contributed by atoms with Crippen molar-refractivity contribution in [1.82, 2.24) is 10.2 Å². The summed E-state index contributed by atoms with van der Waals surface area (Å²) in [6.07, 6.45) is 4.07. The van der Waals surface area contributed by atoms with Crippen molar-refractivity contribution in [3.63, 3.8) is 0 Å². The molecule has 1 aliphatic carbocycles. The number of rotatable bonds is 7. The SMILES string of the molecule is CCC1(C)CNC(C2CC2)CN1CCOCC(C)C. The van der Waals surface area contributed by atoms with Crippen LogP contribution in [0.4, 0.5) is 0 Å². The van der Waals surface area contributed by atoms with E-state index in [1.165, 1.54) is 25.8 Å². The molecule has 0 spiro atoms. The maximum atomic E-state index is 5.78. The predicted molar refractivity (Wildman–Crippen MR) is 80.4 cm³/mol. The van der Waals surface area contributed by atoms with Crippen molar-refractivity contribution in [3.8, 4) is 0 Å². The minimum absolute atomic E-state index is 0.312. The van der Waals surface area contributed by atoms with Crippen molar-refractivity contribution in [2.45, 2.75) is 58.5 Å². The zero-order valence-corrected chi connectivity index (χ0v) is 13.2. The lowest BCUT2D eigenvalue weighted by Crippen LogP contribution is -2.64. The Hall–Kier alpha value is -0.120. The van der Waals surface area contributed by atoms with Gasteiger partial charge in [0.2, 0.25) is 0 Å². The number of nitrogens with one attached hydrogen (secondary N) is 1. The number of hydrogen-bond acceptors (Lipinski definition) is 3. The second kappa shape index (κ2) is 6.55. The molecule has 0 aromatic heterocycles. The Morgan fingerprint density at radius 1 is 1.37 bits per heavy atom. The smallest absolute Gasteiger partial charge is 0.0593 e. The van der Waals surface area contributed by atoms with Gasteiger partial charge in [-0.2, -0.15) is 0 Å². The topological polar surface area (TPSA) is 24.5 Å². The van der Waals surface area contributed by atoms with Gasteiger partial charge in [0.15, 0.2) is 0 Å². The van der Waals surface area contributed by atoms with Crippen LogP contribution in [0.3, 0.4) is 0 Å². The molecule has 1 aliphatic heterocycles. The summed E-state index contributed by atoms with van der Waals surface area (Å²) in [5, 5.41) is 3.78. The summed E-state index contributed by atoms with van der Waals surface area (Å²) in [6.45, 7) is 14.3. The molecule has 0 radical (unpaired) electrons. The number of hydrogen-bond donors (Lipinski definition) is 1. The fraction of sp³-hybridized carbons (Fsp3) is 1.00. The Morgan fingerprint density at radius 3 is 2.68 bits per heavy atom. The van der Waals surface area contributed by atoms with Crippen LogP contribution in [0.25, 0.3) is 0 Å². The highest BCUT2D eigenvalue weighted by molar-refractivity contribution is 4.99. The van der Waals surface area contributed by atoms with Crippen molar-refractivity contribution in [2.24, 2.45) is 11.8 Å². The van der Waals surface area contributed by atoms with Crippen LogP contribution in [0.2, 0.25) is 0 Å². The van der Waals surface area contributed by atoms with Crippen LogP contribution in [0.5, 0.6) is 0 Å². The van der Waals surface area contributed by atoms with E-state index < -0.39 is 0 Å². The lowest BCUT2D eigenvalue weighted by Gasteiger charge is -2.48. The third-order valence-corrected chi connectivity index (χ3v) is 4.84. The average Bonchev–Trinajstić information content (AvgIpc) is 3.20. The van der Waals surface area contributed by atoms with E-state index in [-0.39, 0.29) is 0 Å². The zero-order chi connectivity index (χ0) is 13.9. The summed E-state index contributed by atoms with van der Waals surface area (Å²) >= 11 is 0. The van der Waals surface area contributed by atoms with Crippen molar-refractivity contribution in [3.05, 3.63) is 0 Å². The first-order chi connectivity index (χ1) is 9.05. The molecule has 2 aliphatic rings. The average molecular weight is 268 g/mol. The quantitative estimate of drug-likeness (QED) is 0.718. The van der Waals surface area contributed by atoms with Gasteiger partial charge in [-0.05, 0) is 38.0 Å². The number of ether oxygens (including phenoxy) is 1. The molecule has 1 saturated carbocycles. The van der Waals surface area contributed by atoms with Crippen molar-refractivity contribution >= 4 is 0 Å². The fourth-order valence-electron chi connectivity index (χ4n) is 3.00. The Kier molecular flexibility index (Phi) is 5.27. The second-order valence-corrected chi connectivity index (χ2v) is 7.09. The van der Waals surface area contributed by atoms with Gasteiger partial charge in [-0.15, -0.1) is 0 Å². The minimum Gasteiger partial charge on any atom is -0.380 e. The molecule has 2 rings (SSSR count). The molecule has 2 atom stereocenters. The standard InChI is InChI=1S/C16H32N2O/c1-5-16(4)12-17-15(14-6-7-14)10-18(16)8-9-19-11-13(2)3/h13-15,17H,5-12H2,1-4H3. The van der Waals surface area contributed by atoms with Crippen LogP contribution < -0.4 is 5.32 Å². The van der Waals surface area contributed by atoms with Gasteiger partial charge >= 0.3 is 0 Å². The van der Waals surface area contributed by atoms with E-state index in [1.807, 2.05) is 0 Å². The van der Waals surface area contributed by atoms with Crippen LogP contribution in [0, 0.1) is 11.8 Å². The van der Waals surface area contributed by atoms with E-state index >= 15 is 0 Å². The van der Waals surface area contributed by atoms with Gasteiger partial charge in [-0.1, -0.05) is 20.8 Å². The normalized spacial score (nSPS) is 33.0. The third-order valence-electron chi connectivity index (χ3n) is 4.84. The van der Waals surface area contributed by atoms with Crippen LogP contribution >= 0.6 is 0 Å². The molecule has 2 unspecified atom stereocenters. The van der Waals surface area contributed by atoms with Crippen LogP contribution in [-0.4, -0.2) is 49.3 Å². The maximum absolute atomic E-state index is 5.78. The number of piperazine rings is 1. The van der Waals surface area contributed by atoms with E-state index in [9.17, 15) is 0 Å². The Labute approximate surface area is 119 Å². The minimum atomic E-state index is 0.312. The van der Waals surface area contributed by atoms with Gasteiger partial charge in [-0.3, -0.25) is 4.90 Å². The first-order valence-electron chi connectivity index (χ1n) is 8.11. The summed E-state index contributed by atoms with van der Waals surface area (Å²) in [7, 11) is 0. The molecular weight excluding hydrogens is 236 g/mol. The van der Waals surface area contributed by atoms with E-state index in [1.54, 1.807) is 0 Å². The molecule has 112 valence electrons. The molecule has 0 amide bonds. The van der Waals surface area contributed by atoms with Gasteiger partial charge in [0.05, 0.1) is 6.61 Å². The molecular formula is C16H32N2O. The molecule has 0 aromatic carbocycles. The lowest BCUT2D eigenvalue weighted by atomic mass is 9.91. The van der Waals surface area contributed by atoms with Crippen molar-refractivity contribution in [1.29, 1.82) is 0 Å². The lowest BCUT2D eigenvalue weighted by molar-refractivity contribution is 0.00959. The molecule has 3 heteroatoms. The summed E-state index contributed by atoms with van der Waals surface area (Å²) < 4.78 is 5.78. The van der Waals surface area contributed by atoms with Crippen molar-refractivity contribution in [2.75, 3.05) is 32.8 Å². The highest BCUT2D eigenvalue weighted by Crippen LogP contribution is 2.36. The van der Waals surface area contributed by atoms with Gasteiger partial charge in [0, 0.05) is 37.8 Å². The highest BCUT2D eigenvalue weighted by atomic mass is 16.5. The highest BCUT2D eigenvalue weighted by Gasteiger charge is 2.41. The zero-order valence-electron chi connectivity index (χ0n) is 13.2. The Morgan fingerprint density at radius 2 is 2.11 bits per heavy atom. The van der Waals surface area contributed by atoms with Crippen molar-refractivity contribution < 1.29 is 4.74 Å². The summed E-state index contributed by atoms with van der Waals surface area (Å²) in [5.41, 5.74) is 0.312. The van der Waals surface area contributed by atoms with Crippen LogP contribution in [-0.2, 0) is 4.74 Å². The molecule has 0 bridgehead atoms. The first-order valence-corrected chi connectivity index (χ1v) is 8.11. The predicted octanol–water partition coefficient (Wildman–Crippen LogP) is 2.51. The van der Waals surface area contributed by atoms with Gasteiger partial charge in [-0.25, -0.2) is 0 Å². The van der Waals surface area contributed by atoms with E-state index in [4.69, 9.17) is 4.74 Å². The molecule has 1 N–H and O–H groups in total. The Bertz CT molecular complexity index is 278. The van der Waals surface area contributed by atoms with E-state index in [0.717, 1.165) is 38.3 Å². The molecule has 2 fully saturated rings. The molecule has 1 saturated heterocycles. The summed E-state index contributed by atoms with van der Waals surface area (Å²) in [6, 6.07) is 0.727. The van der Waals surface area contributed by atoms with Crippen LogP contribution in [0.15, 0.2) is 0 Å². The van der Waals surface area contributed by atoms with E-state index in [0.29, 0.717) is 11.5 Å². The molecule has 19 heavy (non-hydrogen) atoms. The van der Waals surface area contributed by atoms with Gasteiger partial charge < -0.3 is 10.1 Å². The van der Waals surface area contributed by atoms with Gasteiger partial charge in [0.25, 0.3) is 0 Å². The Balaban J connectivity index is 1.81. The summed E-state index contributed by atoms with van der Waals surface area (Å²) in [4.78, 5) is 2.67. The van der Waals surface area contributed by atoms with Crippen LogP contribution in [0.1, 0.15) is 47.0 Å². The fourth-order valence-corrected chi connectivity index (χ4v) is 3.00.